The van der Waals surface area contributed by atoms with Crippen molar-refractivity contribution < 1.29 is 19.0 Å². The summed E-state index contributed by atoms with van der Waals surface area (Å²) in [7, 11) is 4.65. The highest BCUT2D eigenvalue weighted by Gasteiger charge is 2.13. The number of hydrogen-bond acceptors (Lipinski definition) is 5. The van der Waals surface area contributed by atoms with Crippen molar-refractivity contribution in [3.63, 3.8) is 0 Å². The molecule has 3 N–H and O–H groups in total. The molecule has 1 rings (SSSR count). The van der Waals surface area contributed by atoms with Gasteiger partial charge in [-0.05, 0) is 29.6 Å². The molecule has 0 aliphatic heterocycles. The van der Waals surface area contributed by atoms with Crippen LogP contribution in [0, 0.1) is 0 Å². The number of nitrogens with one attached hydrogen (secondary N) is 1. The molecule has 2 amide bonds. The Morgan fingerprint density at radius 2 is 1.78 bits per heavy atom. The Morgan fingerprint density at radius 1 is 1.22 bits per heavy atom. The average molecular weight is 272 g/mol. The molecule has 1 aromatic rings. The van der Waals surface area contributed by atoms with E-state index in [1.165, 1.54) is 11.9 Å². The number of rotatable bonds is 6. The third kappa shape index (κ3) is 3.63. The summed E-state index contributed by atoms with van der Waals surface area (Å²) < 4.78 is 18.1. The normalized spacial score (nSPS) is 9.72. The molecule has 0 heterocycles. The van der Waals surface area contributed by atoms with E-state index in [0.29, 0.717) is 23.0 Å². The van der Waals surface area contributed by atoms with E-state index in [-0.39, 0.29) is 0 Å². The quantitative estimate of drug-likeness (QED) is 0.767. The zero-order chi connectivity index (χ0) is 13.5. The van der Waals surface area contributed by atoms with E-state index in [1.807, 2.05) is 12.1 Å². The second kappa shape index (κ2) is 6.85. The Labute approximate surface area is 110 Å². The minimum Gasteiger partial charge on any atom is -0.493 e. The van der Waals surface area contributed by atoms with E-state index in [1.54, 1.807) is 21.3 Å². The minimum atomic E-state index is -0.576. The van der Waals surface area contributed by atoms with Gasteiger partial charge in [0, 0.05) is 5.75 Å². The Kier molecular flexibility index (Phi) is 5.44. The van der Waals surface area contributed by atoms with Gasteiger partial charge in [-0.15, -0.1) is 0 Å². The molecule has 0 fully saturated rings. The molecule has 0 radical (unpaired) electrons. The van der Waals surface area contributed by atoms with Gasteiger partial charge in [0.2, 0.25) is 5.75 Å². The van der Waals surface area contributed by atoms with Crippen LogP contribution in [0.25, 0.3) is 0 Å². The van der Waals surface area contributed by atoms with Crippen LogP contribution in [0.4, 0.5) is 4.79 Å². The van der Waals surface area contributed by atoms with Gasteiger partial charge in [0.25, 0.3) is 0 Å². The smallest absolute Gasteiger partial charge is 0.322 e. The molecule has 0 atom stereocenters. The number of methoxy groups -OCH3 is 3. The van der Waals surface area contributed by atoms with Crippen molar-refractivity contribution >= 4 is 18.0 Å². The zero-order valence-corrected chi connectivity index (χ0v) is 11.3. The van der Waals surface area contributed by atoms with Crippen molar-refractivity contribution in [2.45, 2.75) is 5.75 Å². The fourth-order valence-corrected chi connectivity index (χ4v) is 1.96. The first-order chi connectivity index (χ1) is 8.62. The first-order valence-electron chi connectivity index (χ1n) is 5.08. The lowest BCUT2D eigenvalue weighted by molar-refractivity contribution is 0.254. The molecule has 1 aromatic carbocycles. The molecule has 0 aliphatic rings. The molecule has 0 unspecified atom stereocenters. The van der Waals surface area contributed by atoms with E-state index in [4.69, 9.17) is 19.9 Å². The predicted octanol–water partition coefficient (Wildman–Crippen LogP) is 1.53. The van der Waals surface area contributed by atoms with Crippen molar-refractivity contribution in [3.05, 3.63) is 17.7 Å². The van der Waals surface area contributed by atoms with E-state index in [9.17, 15) is 4.79 Å². The van der Waals surface area contributed by atoms with Crippen LogP contribution in [0.1, 0.15) is 5.56 Å². The fourth-order valence-electron chi connectivity index (χ4n) is 1.41. The highest BCUT2D eigenvalue weighted by atomic mass is 32.2. The lowest BCUT2D eigenvalue weighted by Gasteiger charge is -2.13. The predicted molar refractivity (Wildman–Crippen MR) is 70.1 cm³/mol. The van der Waals surface area contributed by atoms with E-state index >= 15 is 0 Å². The van der Waals surface area contributed by atoms with Crippen LogP contribution < -0.4 is 24.7 Å². The molecule has 0 aliphatic carbocycles. The van der Waals surface area contributed by atoms with Crippen molar-refractivity contribution in [2.75, 3.05) is 21.3 Å². The molecule has 7 heteroatoms. The molecule has 6 nitrogen and oxygen atoms in total. The van der Waals surface area contributed by atoms with Crippen molar-refractivity contribution in [3.8, 4) is 17.2 Å². The molecule has 0 saturated heterocycles. The highest BCUT2D eigenvalue weighted by molar-refractivity contribution is 7.97. The second-order valence-electron chi connectivity index (χ2n) is 3.29. The van der Waals surface area contributed by atoms with Crippen LogP contribution in [0.3, 0.4) is 0 Å². The van der Waals surface area contributed by atoms with Crippen LogP contribution in [0.5, 0.6) is 17.2 Å². The lowest BCUT2D eigenvalue weighted by atomic mass is 10.2. The van der Waals surface area contributed by atoms with E-state index < -0.39 is 6.03 Å². The zero-order valence-electron chi connectivity index (χ0n) is 10.5. The first-order valence-corrected chi connectivity index (χ1v) is 6.07. The Morgan fingerprint density at radius 3 is 2.17 bits per heavy atom. The summed E-state index contributed by atoms with van der Waals surface area (Å²) in [6, 6.07) is 3.06. The van der Waals surface area contributed by atoms with Crippen molar-refractivity contribution in [2.24, 2.45) is 5.73 Å². The van der Waals surface area contributed by atoms with Gasteiger partial charge in [-0.1, -0.05) is 0 Å². The van der Waals surface area contributed by atoms with Crippen molar-refractivity contribution in [1.29, 1.82) is 0 Å². The monoisotopic (exact) mass is 272 g/mol. The molecule has 0 aromatic heterocycles. The van der Waals surface area contributed by atoms with Crippen LogP contribution in [-0.2, 0) is 5.75 Å². The number of ether oxygens (including phenoxy) is 3. The van der Waals surface area contributed by atoms with Gasteiger partial charge in [-0.3, -0.25) is 4.72 Å². The largest absolute Gasteiger partial charge is 0.493 e. The number of amides is 2. The summed E-state index contributed by atoms with van der Waals surface area (Å²) in [5.74, 6) is 2.23. The average Bonchev–Trinajstić information content (AvgIpc) is 2.36. The minimum absolute atomic E-state index is 0.539. The summed E-state index contributed by atoms with van der Waals surface area (Å²) in [5.41, 5.74) is 5.89. The van der Waals surface area contributed by atoms with Gasteiger partial charge >= 0.3 is 6.03 Å². The van der Waals surface area contributed by atoms with Gasteiger partial charge in [-0.2, -0.15) is 0 Å². The van der Waals surface area contributed by atoms with Gasteiger partial charge in [0.05, 0.1) is 21.3 Å². The summed E-state index contributed by atoms with van der Waals surface area (Å²) in [6.07, 6.45) is 0. The van der Waals surface area contributed by atoms with E-state index in [0.717, 1.165) is 5.56 Å². The number of nitrogens with two attached hydrogens (primary N) is 1. The van der Waals surface area contributed by atoms with Crippen LogP contribution in [-0.4, -0.2) is 27.4 Å². The topological polar surface area (TPSA) is 82.8 Å². The van der Waals surface area contributed by atoms with Crippen molar-refractivity contribution in [1.82, 2.24) is 4.72 Å². The summed E-state index contributed by atoms with van der Waals surface area (Å²) in [4.78, 5) is 10.6. The Balaban J connectivity index is 2.89. The second-order valence-corrected chi connectivity index (χ2v) is 4.07. The molecule has 0 saturated carbocycles. The number of hydrogen-bond donors (Lipinski definition) is 2. The maximum atomic E-state index is 10.6. The number of carbonyl (C=O) groups is 1. The van der Waals surface area contributed by atoms with Gasteiger partial charge in [0.15, 0.2) is 11.5 Å². The Bertz CT molecular complexity index is 400. The summed E-state index contributed by atoms with van der Waals surface area (Å²) >= 11 is 1.19. The third-order valence-corrected chi connectivity index (χ3v) is 2.96. The standard InChI is InChI=1S/C11H16N2O4S/c1-15-8-4-7(6-18-13-11(12)14)5-9(16-2)10(8)17-3/h4-5H,6H2,1-3H3,(H3,12,13,14). The van der Waals surface area contributed by atoms with Crippen LogP contribution >= 0.6 is 11.9 Å². The fraction of sp³-hybridized carbons (Fsp3) is 0.364. The number of urea groups is 1. The molecular weight excluding hydrogens is 256 g/mol. The number of primary amides is 1. The summed E-state index contributed by atoms with van der Waals surface area (Å²) in [6.45, 7) is 0. The number of benzene rings is 1. The van der Waals surface area contributed by atoms with Crippen LogP contribution in [0.15, 0.2) is 12.1 Å². The van der Waals surface area contributed by atoms with E-state index in [2.05, 4.69) is 4.72 Å². The number of carbonyl (C=O) groups excluding carboxylic acids is 1. The summed E-state index contributed by atoms with van der Waals surface area (Å²) in [5, 5.41) is 0. The molecule has 0 spiro atoms. The third-order valence-electron chi connectivity index (χ3n) is 2.14. The molecule has 18 heavy (non-hydrogen) atoms. The lowest BCUT2D eigenvalue weighted by Crippen LogP contribution is -2.23. The molecular formula is C11H16N2O4S. The van der Waals surface area contributed by atoms with Gasteiger partial charge in [-0.25, -0.2) is 4.79 Å². The highest BCUT2D eigenvalue weighted by Crippen LogP contribution is 2.38. The van der Waals surface area contributed by atoms with Gasteiger partial charge in [0.1, 0.15) is 0 Å². The van der Waals surface area contributed by atoms with Gasteiger partial charge < -0.3 is 19.9 Å². The first kappa shape index (κ1) is 14.3. The van der Waals surface area contributed by atoms with Crippen LogP contribution in [0.2, 0.25) is 0 Å². The maximum Gasteiger partial charge on any atom is 0.322 e. The Hall–Kier alpha value is -1.76. The SMILES string of the molecule is COc1cc(CSNC(N)=O)cc(OC)c1OC. The maximum absolute atomic E-state index is 10.6. The molecule has 100 valence electrons. The molecule has 0 bridgehead atoms.